The topological polar surface area (TPSA) is 34.2 Å². The van der Waals surface area contributed by atoms with Gasteiger partial charge in [-0.1, -0.05) is 0 Å². The van der Waals surface area contributed by atoms with Gasteiger partial charge in [0, 0.05) is 24.7 Å². The fourth-order valence-electron chi connectivity index (χ4n) is 1.39. The Morgan fingerprint density at radius 3 is 2.78 bits per heavy atom. The third-order valence-corrected chi connectivity index (χ3v) is 2.55. The molecule has 102 valence electrons. The molecule has 0 aliphatic rings. The molecule has 0 bridgehead atoms. The average Bonchev–Trinajstić information content (AvgIpc) is 2.33. The summed E-state index contributed by atoms with van der Waals surface area (Å²) in [5.74, 6) is 0.358. The van der Waals surface area contributed by atoms with Crippen LogP contribution in [0, 0.1) is 0 Å². The minimum absolute atomic E-state index is 0.0178. The molecule has 1 aromatic heterocycles. The maximum Gasteiger partial charge on any atom is 0.389 e. The standard InChI is InChI=1S/C12H17F3N2O/c1-9(16-2)10-4-6-17-11(8-10)18-7-3-5-12(13,14)15/h4,6,8-9,16H,3,5,7H2,1-2H3. The Morgan fingerprint density at radius 1 is 1.44 bits per heavy atom. The van der Waals surface area contributed by atoms with Crippen molar-refractivity contribution >= 4 is 0 Å². The molecule has 0 aliphatic carbocycles. The highest BCUT2D eigenvalue weighted by molar-refractivity contribution is 5.23. The van der Waals surface area contributed by atoms with Crippen LogP contribution in [0.5, 0.6) is 5.88 Å². The molecular formula is C12H17F3N2O. The number of nitrogens with zero attached hydrogens (tertiary/aromatic N) is 1. The van der Waals surface area contributed by atoms with Gasteiger partial charge in [-0.25, -0.2) is 4.98 Å². The molecular weight excluding hydrogens is 245 g/mol. The van der Waals surface area contributed by atoms with E-state index in [4.69, 9.17) is 4.74 Å². The highest BCUT2D eigenvalue weighted by atomic mass is 19.4. The van der Waals surface area contributed by atoms with Crippen LogP contribution < -0.4 is 10.1 Å². The van der Waals surface area contributed by atoms with Gasteiger partial charge in [0.2, 0.25) is 5.88 Å². The van der Waals surface area contributed by atoms with Crippen LogP contribution in [-0.4, -0.2) is 24.8 Å². The van der Waals surface area contributed by atoms with E-state index in [1.165, 1.54) is 0 Å². The zero-order valence-electron chi connectivity index (χ0n) is 10.4. The van der Waals surface area contributed by atoms with Crippen LogP contribution in [0.25, 0.3) is 0 Å². The van der Waals surface area contributed by atoms with Crippen molar-refractivity contribution in [3.8, 4) is 5.88 Å². The van der Waals surface area contributed by atoms with Crippen molar-refractivity contribution in [3.63, 3.8) is 0 Å². The third kappa shape index (κ3) is 5.35. The molecule has 0 amide bonds. The van der Waals surface area contributed by atoms with Crippen molar-refractivity contribution in [1.82, 2.24) is 10.3 Å². The van der Waals surface area contributed by atoms with E-state index in [2.05, 4.69) is 10.3 Å². The molecule has 1 aromatic rings. The lowest BCUT2D eigenvalue weighted by molar-refractivity contribution is -0.136. The predicted molar refractivity (Wildman–Crippen MR) is 62.5 cm³/mol. The second-order valence-corrected chi connectivity index (χ2v) is 4.00. The van der Waals surface area contributed by atoms with Gasteiger partial charge >= 0.3 is 6.18 Å². The molecule has 1 rings (SSSR count). The average molecular weight is 262 g/mol. The van der Waals surface area contributed by atoms with E-state index in [1.807, 2.05) is 20.0 Å². The second kappa shape index (κ2) is 6.58. The Hall–Kier alpha value is -1.30. The smallest absolute Gasteiger partial charge is 0.389 e. The van der Waals surface area contributed by atoms with Gasteiger partial charge < -0.3 is 10.1 Å². The minimum atomic E-state index is -4.13. The van der Waals surface area contributed by atoms with Crippen LogP contribution in [-0.2, 0) is 0 Å². The molecule has 1 heterocycles. The predicted octanol–water partition coefficient (Wildman–Crippen LogP) is 3.08. The molecule has 6 heteroatoms. The molecule has 1 atom stereocenters. The summed E-state index contributed by atoms with van der Waals surface area (Å²) in [4.78, 5) is 3.96. The molecule has 3 nitrogen and oxygen atoms in total. The Kier molecular flexibility index (Phi) is 5.40. The third-order valence-electron chi connectivity index (χ3n) is 2.55. The number of hydrogen-bond acceptors (Lipinski definition) is 3. The van der Waals surface area contributed by atoms with Crippen molar-refractivity contribution in [1.29, 1.82) is 0 Å². The molecule has 1 N–H and O–H groups in total. The summed E-state index contributed by atoms with van der Waals surface area (Å²) in [6.07, 6.45) is -3.43. The molecule has 0 spiro atoms. The maximum atomic E-state index is 11.9. The zero-order chi connectivity index (χ0) is 13.6. The van der Waals surface area contributed by atoms with E-state index < -0.39 is 12.6 Å². The second-order valence-electron chi connectivity index (χ2n) is 4.00. The number of nitrogens with one attached hydrogen (secondary N) is 1. The summed E-state index contributed by atoms with van der Waals surface area (Å²) < 4.78 is 41.0. The van der Waals surface area contributed by atoms with E-state index >= 15 is 0 Å². The first-order valence-electron chi connectivity index (χ1n) is 5.75. The van der Waals surface area contributed by atoms with E-state index in [0.29, 0.717) is 5.88 Å². The van der Waals surface area contributed by atoms with Crippen molar-refractivity contribution in [2.24, 2.45) is 0 Å². The number of pyridine rings is 1. The van der Waals surface area contributed by atoms with Crippen molar-refractivity contribution in [2.75, 3.05) is 13.7 Å². The van der Waals surface area contributed by atoms with Crippen molar-refractivity contribution in [2.45, 2.75) is 32.0 Å². The largest absolute Gasteiger partial charge is 0.478 e. The van der Waals surface area contributed by atoms with Gasteiger partial charge in [0.25, 0.3) is 0 Å². The Bertz CT molecular complexity index is 369. The summed E-state index contributed by atoms with van der Waals surface area (Å²) >= 11 is 0. The Morgan fingerprint density at radius 2 is 2.17 bits per heavy atom. The lowest BCUT2D eigenvalue weighted by Crippen LogP contribution is -2.13. The van der Waals surface area contributed by atoms with Gasteiger partial charge in [-0.15, -0.1) is 0 Å². The summed E-state index contributed by atoms with van der Waals surface area (Å²) in [7, 11) is 1.83. The zero-order valence-corrected chi connectivity index (χ0v) is 10.4. The molecule has 0 aliphatic heterocycles. The Labute approximate surface area is 104 Å². The normalized spacial score (nSPS) is 13.4. The fourth-order valence-corrected chi connectivity index (χ4v) is 1.39. The number of alkyl halides is 3. The van der Waals surface area contributed by atoms with Gasteiger partial charge in [0.15, 0.2) is 0 Å². The van der Waals surface area contributed by atoms with Gasteiger partial charge in [-0.05, 0) is 32.0 Å². The van der Waals surface area contributed by atoms with Crippen LogP contribution in [0.2, 0.25) is 0 Å². The van der Waals surface area contributed by atoms with Crippen LogP contribution in [0.15, 0.2) is 18.3 Å². The molecule has 18 heavy (non-hydrogen) atoms. The molecule has 0 fully saturated rings. The van der Waals surface area contributed by atoms with Gasteiger partial charge in [-0.3, -0.25) is 0 Å². The Balaban J connectivity index is 2.43. The van der Waals surface area contributed by atoms with E-state index in [9.17, 15) is 13.2 Å². The van der Waals surface area contributed by atoms with Gasteiger partial charge in [0.05, 0.1) is 6.61 Å². The van der Waals surface area contributed by atoms with E-state index in [1.54, 1.807) is 12.3 Å². The number of ether oxygens (including phenoxy) is 1. The van der Waals surface area contributed by atoms with Crippen LogP contribution in [0.1, 0.15) is 31.4 Å². The number of hydrogen-bond donors (Lipinski definition) is 1. The summed E-state index contributed by atoms with van der Waals surface area (Å²) in [6.45, 7) is 1.99. The SMILES string of the molecule is CNC(C)c1ccnc(OCCCC(F)(F)F)c1. The van der Waals surface area contributed by atoms with E-state index in [0.717, 1.165) is 5.56 Å². The first kappa shape index (κ1) is 14.8. The first-order chi connectivity index (χ1) is 8.42. The van der Waals surface area contributed by atoms with Crippen LogP contribution in [0.3, 0.4) is 0 Å². The van der Waals surface area contributed by atoms with Gasteiger partial charge in [-0.2, -0.15) is 13.2 Å². The monoisotopic (exact) mass is 262 g/mol. The number of halogens is 3. The first-order valence-corrected chi connectivity index (χ1v) is 5.75. The number of aromatic nitrogens is 1. The molecule has 0 saturated heterocycles. The molecule has 1 unspecified atom stereocenters. The maximum absolute atomic E-state index is 11.9. The number of rotatable bonds is 6. The van der Waals surface area contributed by atoms with Crippen LogP contribution in [0.4, 0.5) is 13.2 Å². The lowest BCUT2D eigenvalue weighted by Gasteiger charge is -2.12. The summed E-state index contributed by atoms with van der Waals surface area (Å²) in [6, 6.07) is 3.71. The summed E-state index contributed by atoms with van der Waals surface area (Å²) in [5, 5.41) is 3.06. The van der Waals surface area contributed by atoms with Crippen molar-refractivity contribution < 1.29 is 17.9 Å². The fraction of sp³-hybridized carbons (Fsp3) is 0.583. The lowest BCUT2D eigenvalue weighted by atomic mass is 10.1. The van der Waals surface area contributed by atoms with E-state index in [-0.39, 0.29) is 19.1 Å². The van der Waals surface area contributed by atoms with Crippen LogP contribution >= 0.6 is 0 Å². The molecule has 0 radical (unpaired) electrons. The highest BCUT2D eigenvalue weighted by Gasteiger charge is 2.26. The van der Waals surface area contributed by atoms with Crippen molar-refractivity contribution in [3.05, 3.63) is 23.9 Å². The quantitative estimate of drug-likeness (QED) is 0.800. The van der Waals surface area contributed by atoms with Gasteiger partial charge in [0.1, 0.15) is 0 Å². The minimum Gasteiger partial charge on any atom is -0.478 e. The molecule has 0 aromatic carbocycles. The highest BCUT2D eigenvalue weighted by Crippen LogP contribution is 2.21. The molecule has 0 saturated carbocycles. The summed E-state index contributed by atoms with van der Waals surface area (Å²) in [5.41, 5.74) is 0.985.